The van der Waals surface area contributed by atoms with E-state index in [1.807, 2.05) is 6.07 Å². The van der Waals surface area contributed by atoms with Crippen LogP contribution in [0.5, 0.6) is 0 Å². The number of carbonyl (C=O) groups is 1. The van der Waals surface area contributed by atoms with E-state index in [4.69, 9.17) is 11.6 Å². The third-order valence-corrected chi connectivity index (χ3v) is 3.36. The lowest BCUT2D eigenvalue weighted by molar-refractivity contribution is 0.0696. The second-order valence-corrected chi connectivity index (χ2v) is 4.71. The maximum absolute atomic E-state index is 11.5. The molecule has 0 radical (unpaired) electrons. The van der Waals surface area contributed by atoms with Crippen molar-refractivity contribution in [3.63, 3.8) is 0 Å². The lowest BCUT2D eigenvalue weighted by Gasteiger charge is -2.14. The number of hydrogen-bond donors (Lipinski definition) is 1. The number of hydrogen-bond acceptors (Lipinski definition) is 3. The number of aromatic nitrogens is 1. The van der Waals surface area contributed by atoms with Crippen LogP contribution < -0.4 is 0 Å². The number of nitrogens with zero attached hydrogens (tertiary/aromatic N) is 2. The monoisotopic (exact) mass is 286 g/mol. The third kappa shape index (κ3) is 2.24. The number of carboxylic acids is 1. The molecule has 0 atom stereocenters. The van der Waals surface area contributed by atoms with Crippen molar-refractivity contribution < 1.29 is 9.90 Å². The highest BCUT2D eigenvalue weighted by atomic mass is 35.5. The predicted octanol–water partition coefficient (Wildman–Crippen LogP) is 3.59. The highest BCUT2D eigenvalue weighted by Crippen LogP contribution is 2.35. The van der Waals surface area contributed by atoms with Gasteiger partial charge in [-0.2, -0.15) is 5.26 Å². The summed E-state index contributed by atoms with van der Waals surface area (Å²) in [5.74, 6) is -1.12. The third-order valence-electron chi connectivity index (χ3n) is 3.03. The molecule has 1 aromatic carbocycles. The zero-order valence-corrected chi connectivity index (χ0v) is 11.7. The van der Waals surface area contributed by atoms with Crippen molar-refractivity contribution in [2.75, 3.05) is 0 Å². The minimum atomic E-state index is -1.12. The van der Waals surface area contributed by atoms with E-state index in [1.54, 1.807) is 38.1 Å². The molecule has 0 saturated carbocycles. The predicted molar refractivity (Wildman–Crippen MR) is 75.8 cm³/mol. The van der Waals surface area contributed by atoms with Crippen molar-refractivity contribution in [3.8, 4) is 17.2 Å². The number of benzene rings is 1. The largest absolute Gasteiger partial charge is 0.478 e. The van der Waals surface area contributed by atoms with Gasteiger partial charge < -0.3 is 5.11 Å². The molecule has 4 nitrogen and oxygen atoms in total. The number of rotatable bonds is 2. The lowest BCUT2D eigenvalue weighted by atomic mass is 9.93. The van der Waals surface area contributed by atoms with Gasteiger partial charge in [0.2, 0.25) is 0 Å². The Labute approximate surface area is 121 Å². The average Bonchev–Trinajstić information content (AvgIpc) is 2.38. The maximum Gasteiger partial charge on any atom is 0.338 e. The number of nitriles is 1. The maximum atomic E-state index is 11.5. The number of aryl methyl sites for hydroxylation is 2. The molecule has 0 aliphatic rings. The van der Waals surface area contributed by atoms with Crippen LogP contribution in [0, 0.1) is 25.2 Å². The van der Waals surface area contributed by atoms with E-state index in [2.05, 4.69) is 4.98 Å². The molecule has 1 N–H and O–H groups in total. The number of carboxylic acid groups (broad SMARTS) is 1. The molecule has 2 aromatic rings. The van der Waals surface area contributed by atoms with E-state index in [0.29, 0.717) is 27.5 Å². The first kappa shape index (κ1) is 14.0. The fraction of sp³-hybridized carbons (Fsp3) is 0.133. The molecule has 0 spiro atoms. The molecule has 0 aliphatic carbocycles. The molecule has 0 saturated heterocycles. The van der Waals surface area contributed by atoms with E-state index < -0.39 is 5.97 Å². The standard InChI is InChI=1S/C15H11ClN2O2/c1-8-11(7-17)14(10-5-3-4-6-12(10)16)13(15(19)20)9(2)18-8/h3-6H,1-2H3,(H,19,20). The van der Waals surface area contributed by atoms with Crippen molar-refractivity contribution in [1.29, 1.82) is 5.26 Å². The molecule has 5 heteroatoms. The van der Waals surface area contributed by atoms with Gasteiger partial charge in [0, 0.05) is 16.1 Å². The van der Waals surface area contributed by atoms with Crippen molar-refractivity contribution in [3.05, 3.63) is 51.8 Å². The summed E-state index contributed by atoms with van der Waals surface area (Å²) in [4.78, 5) is 15.6. The highest BCUT2D eigenvalue weighted by molar-refractivity contribution is 6.33. The molecule has 0 bridgehead atoms. The minimum Gasteiger partial charge on any atom is -0.478 e. The van der Waals surface area contributed by atoms with Crippen LogP contribution in [0.1, 0.15) is 27.3 Å². The summed E-state index contributed by atoms with van der Waals surface area (Å²) in [6, 6.07) is 8.89. The first-order chi connectivity index (χ1) is 9.47. The summed E-state index contributed by atoms with van der Waals surface area (Å²) in [7, 11) is 0. The second-order valence-electron chi connectivity index (χ2n) is 4.30. The fourth-order valence-electron chi connectivity index (χ4n) is 2.18. The Balaban J connectivity index is 2.97. The molecule has 20 heavy (non-hydrogen) atoms. The summed E-state index contributed by atoms with van der Waals surface area (Å²) in [5.41, 5.74) is 1.96. The normalized spacial score (nSPS) is 10.1. The van der Waals surface area contributed by atoms with Crippen LogP contribution in [-0.4, -0.2) is 16.1 Å². The average molecular weight is 287 g/mol. The molecule has 100 valence electrons. The van der Waals surface area contributed by atoms with Crippen LogP contribution in [0.3, 0.4) is 0 Å². The highest BCUT2D eigenvalue weighted by Gasteiger charge is 2.23. The van der Waals surface area contributed by atoms with E-state index in [9.17, 15) is 15.2 Å². The van der Waals surface area contributed by atoms with Gasteiger partial charge >= 0.3 is 5.97 Å². The first-order valence-electron chi connectivity index (χ1n) is 5.86. The van der Waals surface area contributed by atoms with Crippen LogP contribution in [0.25, 0.3) is 11.1 Å². The number of pyridine rings is 1. The minimum absolute atomic E-state index is 0.0141. The molecule has 2 rings (SSSR count). The van der Waals surface area contributed by atoms with Crippen LogP contribution >= 0.6 is 11.6 Å². The van der Waals surface area contributed by atoms with Gasteiger partial charge in [0.1, 0.15) is 6.07 Å². The zero-order chi connectivity index (χ0) is 14.9. The summed E-state index contributed by atoms with van der Waals surface area (Å²) in [6.07, 6.45) is 0. The van der Waals surface area contributed by atoms with Crippen molar-refractivity contribution >= 4 is 17.6 Å². The fourth-order valence-corrected chi connectivity index (χ4v) is 2.41. The van der Waals surface area contributed by atoms with Crippen molar-refractivity contribution in [2.45, 2.75) is 13.8 Å². The zero-order valence-electron chi connectivity index (χ0n) is 10.9. The SMILES string of the molecule is Cc1nc(C)c(C(=O)O)c(-c2ccccc2Cl)c1C#N. The van der Waals surface area contributed by atoms with Gasteiger partial charge in [0.05, 0.1) is 22.5 Å². The van der Waals surface area contributed by atoms with Gasteiger partial charge in [-0.15, -0.1) is 0 Å². The van der Waals surface area contributed by atoms with Gasteiger partial charge in [-0.25, -0.2) is 4.79 Å². The smallest absolute Gasteiger partial charge is 0.338 e. The summed E-state index contributed by atoms with van der Waals surface area (Å²) in [6.45, 7) is 3.29. The Kier molecular flexibility index (Phi) is 3.73. The molecule has 0 aliphatic heterocycles. The van der Waals surface area contributed by atoms with Crippen LogP contribution in [-0.2, 0) is 0 Å². The molecule has 0 unspecified atom stereocenters. The van der Waals surface area contributed by atoms with Gasteiger partial charge in [-0.1, -0.05) is 29.8 Å². The number of aromatic carboxylic acids is 1. The van der Waals surface area contributed by atoms with Gasteiger partial charge in [0.25, 0.3) is 0 Å². The molecular weight excluding hydrogens is 276 g/mol. The van der Waals surface area contributed by atoms with Gasteiger partial charge in [-0.3, -0.25) is 4.98 Å². The molecular formula is C15H11ClN2O2. The van der Waals surface area contributed by atoms with E-state index in [0.717, 1.165) is 0 Å². The lowest BCUT2D eigenvalue weighted by Crippen LogP contribution is -2.09. The molecule has 1 aromatic heterocycles. The first-order valence-corrected chi connectivity index (χ1v) is 6.24. The number of halogens is 1. The second kappa shape index (κ2) is 5.32. The topological polar surface area (TPSA) is 74.0 Å². The van der Waals surface area contributed by atoms with Crippen LogP contribution in [0.15, 0.2) is 24.3 Å². The van der Waals surface area contributed by atoms with E-state index >= 15 is 0 Å². The Morgan fingerprint density at radius 2 is 1.95 bits per heavy atom. The summed E-state index contributed by atoms with van der Waals surface area (Å²) in [5, 5.41) is 19.1. The van der Waals surface area contributed by atoms with E-state index in [-0.39, 0.29) is 11.1 Å². The van der Waals surface area contributed by atoms with Crippen molar-refractivity contribution in [1.82, 2.24) is 4.98 Å². The van der Waals surface area contributed by atoms with E-state index in [1.165, 1.54) is 0 Å². The Bertz CT molecular complexity index is 748. The quantitative estimate of drug-likeness (QED) is 0.915. The van der Waals surface area contributed by atoms with Gasteiger partial charge in [-0.05, 0) is 19.9 Å². The Hall–Kier alpha value is -2.38. The van der Waals surface area contributed by atoms with Crippen LogP contribution in [0.2, 0.25) is 5.02 Å². The van der Waals surface area contributed by atoms with Gasteiger partial charge in [0.15, 0.2) is 0 Å². The van der Waals surface area contributed by atoms with Crippen LogP contribution in [0.4, 0.5) is 0 Å². The Morgan fingerprint density at radius 3 is 2.50 bits per heavy atom. The molecule has 0 fully saturated rings. The molecule has 1 heterocycles. The van der Waals surface area contributed by atoms with Crippen molar-refractivity contribution in [2.24, 2.45) is 0 Å². The summed E-state index contributed by atoms with van der Waals surface area (Å²) >= 11 is 6.15. The summed E-state index contributed by atoms with van der Waals surface area (Å²) < 4.78 is 0. The molecule has 0 amide bonds. The Morgan fingerprint density at radius 1 is 1.30 bits per heavy atom.